The molecule has 0 aliphatic carbocycles. The largest absolute Gasteiger partial charge is 0.308 e. The molecule has 2 aromatic carbocycles. The van der Waals surface area contributed by atoms with Crippen LogP contribution in [0.25, 0.3) is 10.8 Å². The summed E-state index contributed by atoms with van der Waals surface area (Å²) in [6.07, 6.45) is 2.87. The molecule has 0 saturated carbocycles. The molecule has 1 N–H and O–H groups in total. The van der Waals surface area contributed by atoms with E-state index in [4.69, 9.17) is 0 Å². The number of hydrogen-bond donors (Lipinski definition) is 1. The summed E-state index contributed by atoms with van der Waals surface area (Å²) in [5.74, 6) is 0. The van der Waals surface area contributed by atoms with Crippen LogP contribution in [0.1, 0.15) is 29.8 Å². The van der Waals surface area contributed by atoms with Crippen molar-refractivity contribution in [3.63, 3.8) is 0 Å². The highest BCUT2D eigenvalue weighted by molar-refractivity contribution is 5.86. The van der Waals surface area contributed by atoms with Gasteiger partial charge in [0.1, 0.15) is 0 Å². The van der Waals surface area contributed by atoms with Crippen molar-refractivity contribution in [1.82, 2.24) is 10.3 Å². The van der Waals surface area contributed by atoms with Gasteiger partial charge in [0.2, 0.25) is 0 Å². The molecular weight excluding hydrogens is 256 g/mol. The van der Waals surface area contributed by atoms with Gasteiger partial charge in [-0.3, -0.25) is 4.98 Å². The molecule has 0 fully saturated rings. The third kappa shape index (κ3) is 2.55. The first-order valence-electron chi connectivity index (χ1n) is 7.44. The zero-order valence-corrected chi connectivity index (χ0v) is 12.5. The molecule has 106 valence electrons. The normalized spacial score (nSPS) is 12.5. The second kappa shape index (κ2) is 6.06. The molecule has 1 heterocycles. The molecule has 0 radical (unpaired) electrons. The van der Waals surface area contributed by atoms with Gasteiger partial charge in [0.15, 0.2) is 0 Å². The van der Waals surface area contributed by atoms with E-state index < -0.39 is 0 Å². The van der Waals surface area contributed by atoms with Crippen LogP contribution >= 0.6 is 0 Å². The Labute approximate surface area is 125 Å². The van der Waals surface area contributed by atoms with Crippen molar-refractivity contribution >= 4 is 10.8 Å². The lowest BCUT2D eigenvalue weighted by Crippen LogP contribution is -2.20. The lowest BCUT2D eigenvalue weighted by molar-refractivity contribution is 0.666. The Morgan fingerprint density at radius 2 is 1.81 bits per heavy atom. The van der Waals surface area contributed by atoms with Gasteiger partial charge in [-0.05, 0) is 41.4 Å². The minimum atomic E-state index is 0.118. The van der Waals surface area contributed by atoms with Gasteiger partial charge in [-0.15, -0.1) is 0 Å². The lowest BCUT2D eigenvalue weighted by atomic mass is 9.94. The van der Waals surface area contributed by atoms with Gasteiger partial charge in [-0.25, -0.2) is 0 Å². The fourth-order valence-corrected chi connectivity index (χ4v) is 2.95. The summed E-state index contributed by atoms with van der Waals surface area (Å²) in [6.45, 7) is 2.18. The van der Waals surface area contributed by atoms with Crippen LogP contribution in [0.5, 0.6) is 0 Å². The minimum Gasteiger partial charge on any atom is -0.308 e. The van der Waals surface area contributed by atoms with Crippen molar-refractivity contribution < 1.29 is 0 Å². The molecule has 0 bridgehead atoms. The average Bonchev–Trinajstić information content (AvgIpc) is 2.56. The molecule has 3 rings (SSSR count). The summed E-state index contributed by atoms with van der Waals surface area (Å²) in [7, 11) is 2.00. The van der Waals surface area contributed by atoms with Gasteiger partial charge < -0.3 is 5.32 Å². The third-order valence-corrected chi connectivity index (χ3v) is 4.00. The molecule has 0 spiro atoms. The van der Waals surface area contributed by atoms with E-state index >= 15 is 0 Å². The Bertz CT molecular complexity index is 744. The van der Waals surface area contributed by atoms with Crippen LogP contribution in [-0.4, -0.2) is 12.0 Å². The van der Waals surface area contributed by atoms with Crippen LogP contribution in [0.3, 0.4) is 0 Å². The first-order chi connectivity index (χ1) is 10.3. The standard InChI is InChI=1S/C19H20N2/c1-3-14-10-7-13-21-18(14)19(20-2)17-12-6-9-15-8-4-5-11-16(15)17/h4-13,19-20H,3H2,1-2H3. The van der Waals surface area contributed by atoms with Crippen molar-refractivity contribution in [3.8, 4) is 0 Å². The maximum atomic E-state index is 4.64. The topological polar surface area (TPSA) is 24.9 Å². The molecule has 1 unspecified atom stereocenters. The third-order valence-electron chi connectivity index (χ3n) is 4.00. The number of rotatable bonds is 4. The maximum Gasteiger partial charge on any atom is 0.0757 e. The van der Waals surface area contributed by atoms with Gasteiger partial charge in [0, 0.05) is 6.20 Å². The number of aromatic nitrogens is 1. The van der Waals surface area contributed by atoms with Crippen LogP contribution in [-0.2, 0) is 6.42 Å². The number of aryl methyl sites for hydroxylation is 1. The van der Waals surface area contributed by atoms with Gasteiger partial charge in [-0.1, -0.05) is 55.5 Å². The second-order valence-corrected chi connectivity index (χ2v) is 5.19. The van der Waals surface area contributed by atoms with Crippen molar-refractivity contribution in [1.29, 1.82) is 0 Å². The quantitative estimate of drug-likeness (QED) is 0.776. The highest BCUT2D eigenvalue weighted by Gasteiger charge is 2.18. The average molecular weight is 276 g/mol. The fourth-order valence-electron chi connectivity index (χ4n) is 2.95. The van der Waals surface area contributed by atoms with Gasteiger partial charge in [-0.2, -0.15) is 0 Å². The van der Waals surface area contributed by atoms with Crippen molar-refractivity contribution in [3.05, 3.63) is 77.6 Å². The highest BCUT2D eigenvalue weighted by Crippen LogP contribution is 2.29. The zero-order valence-electron chi connectivity index (χ0n) is 12.5. The summed E-state index contributed by atoms with van der Waals surface area (Å²) < 4.78 is 0. The SMILES string of the molecule is CCc1cccnc1C(NC)c1cccc2ccccc12. The van der Waals surface area contributed by atoms with Crippen LogP contribution in [0.15, 0.2) is 60.8 Å². The van der Waals surface area contributed by atoms with Gasteiger partial charge >= 0.3 is 0 Å². The van der Waals surface area contributed by atoms with E-state index in [1.54, 1.807) is 0 Å². The number of pyridine rings is 1. The Balaban J connectivity index is 2.19. The summed E-state index contributed by atoms with van der Waals surface area (Å²) in [5.41, 5.74) is 3.70. The van der Waals surface area contributed by atoms with Gasteiger partial charge in [0.25, 0.3) is 0 Å². The van der Waals surface area contributed by atoms with E-state index in [0.717, 1.165) is 12.1 Å². The molecule has 1 atom stereocenters. The van der Waals surface area contributed by atoms with E-state index in [1.165, 1.54) is 21.9 Å². The molecule has 3 aromatic rings. The monoisotopic (exact) mass is 276 g/mol. The molecule has 1 aromatic heterocycles. The lowest BCUT2D eigenvalue weighted by Gasteiger charge is -2.20. The molecule has 0 aliphatic rings. The molecule has 0 aliphatic heterocycles. The first kappa shape index (κ1) is 13.8. The zero-order chi connectivity index (χ0) is 14.7. The Morgan fingerprint density at radius 3 is 2.62 bits per heavy atom. The van der Waals surface area contributed by atoms with E-state index in [-0.39, 0.29) is 6.04 Å². The summed E-state index contributed by atoms with van der Waals surface area (Å²) in [5, 5.41) is 5.99. The first-order valence-corrected chi connectivity index (χ1v) is 7.44. The van der Waals surface area contributed by atoms with E-state index in [2.05, 4.69) is 65.8 Å². The Hall–Kier alpha value is -2.19. The number of nitrogens with one attached hydrogen (secondary N) is 1. The van der Waals surface area contributed by atoms with Crippen molar-refractivity contribution in [2.24, 2.45) is 0 Å². The predicted molar refractivity (Wildman–Crippen MR) is 88.5 cm³/mol. The van der Waals surface area contributed by atoms with Crippen LogP contribution < -0.4 is 5.32 Å². The molecule has 0 saturated heterocycles. The molecular formula is C19H20N2. The number of hydrogen-bond acceptors (Lipinski definition) is 2. The van der Waals surface area contributed by atoms with E-state index in [0.29, 0.717) is 0 Å². The van der Waals surface area contributed by atoms with E-state index in [9.17, 15) is 0 Å². The second-order valence-electron chi connectivity index (χ2n) is 5.19. The Kier molecular flexibility index (Phi) is 3.98. The van der Waals surface area contributed by atoms with Crippen LogP contribution in [0.4, 0.5) is 0 Å². The fraction of sp³-hybridized carbons (Fsp3) is 0.211. The summed E-state index contributed by atoms with van der Waals surface area (Å²) in [6, 6.07) is 19.3. The predicted octanol–water partition coefficient (Wildman–Crippen LogP) is 4.11. The summed E-state index contributed by atoms with van der Waals surface area (Å²) >= 11 is 0. The van der Waals surface area contributed by atoms with Crippen LogP contribution in [0, 0.1) is 0 Å². The smallest absolute Gasteiger partial charge is 0.0757 e. The number of fused-ring (bicyclic) bond motifs is 1. The molecule has 21 heavy (non-hydrogen) atoms. The molecule has 2 heteroatoms. The minimum absolute atomic E-state index is 0.118. The summed E-state index contributed by atoms with van der Waals surface area (Å²) in [4.78, 5) is 4.64. The van der Waals surface area contributed by atoms with E-state index in [1.807, 2.05) is 19.3 Å². The number of benzene rings is 2. The highest BCUT2D eigenvalue weighted by atomic mass is 14.9. The maximum absolute atomic E-state index is 4.64. The molecule has 2 nitrogen and oxygen atoms in total. The van der Waals surface area contributed by atoms with Crippen molar-refractivity contribution in [2.75, 3.05) is 7.05 Å². The number of nitrogens with zero attached hydrogens (tertiary/aromatic N) is 1. The van der Waals surface area contributed by atoms with Gasteiger partial charge in [0.05, 0.1) is 11.7 Å². The Morgan fingerprint density at radius 1 is 1.00 bits per heavy atom. The molecule has 0 amide bonds. The van der Waals surface area contributed by atoms with Crippen LogP contribution in [0.2, 0.25) is 0 Å². The van der Waals surface area contributed by atoms with Crippen molar-refractivity contribution in [2.45, 2.75) is 19.4 Å².